The lowest BCUT2D eigenvalue weighted by molar-refractivity contribution is -0.146. The Hall–Kier alpha value is -1.06. The van der Waals surface area contributed by atoms with Crippen molar-refractivity contribution in [2.24, 2.45) is 11.8 Å². The SMILES string of the molecule is CC(C)CCCCCCCCCCCCCOC(=O)CCCCC(=O)OCCCCCCCCCCCCCC(C)C. The molecule has 0 aromatic heterocycles. The first-order chi connectivity index (χ1) is 20.4. The van der Waals surface area contributed by atoms with Gasteiger partial charge in [0.05, 0.1) is 13.2 Å². The van der Waals surface area contributed by atoms with Gasteiger partial charge < -0.3 is 9.47 Å². The number of carbonyl (C=O) groups excluding carboxylic acids is 2. The van der Waals surface area contributed by atoms with Crippen molar-refractivity contribution in [2.75, 3.05) is 13.2 Å². The van der Waals surface area contributed by atoms with E-state index in [0.29, 0.717) is 38.9 Å². The molecule has 0 unspecified atom stereocenters. The molecule has 0 saturated heterocycles. The third-order valence-electron chi connectivity index (χ3n) is 8.39. The van der Waals surface area contributed by atoms with Gasteiger partial charge in [0.1, 0.15) is 0 Å². The van der Waals surface area contributed by atoms with Crippen molar-refractivity contribution in [1.29, 1.82) is 0 Å². The molecule has 0 fully saturated rings. The summed E-state index contributed by atoms with van der Waals surface area (Å²) in [6, 6.07) is 0. The maximum Gasteiger partial charge on any atom is 0.305 e. The van der Waals surface area contributed by atoms with Crippen molar-refractivity contribution in [3.05, 3.63) is 0 Å². The lowest BCUT2D eigenvalue weighted by Crippen LogP contribution is -2.08. The standard InChI is InChI=1S/C38H74O4/c1-35(2)29-23-19-15-11-7-5-9-13-17-21-27-33-41-37(39)31-25-26-32-38(40)42-34-28-22-18-14-10-6-8-12-16-20-24-30-36(3)4/h35-36H,5-34H2,1-4H3. The van der Waals surface area contributed by atoms with Gasteiger partial charge in [-0.1, -0.05) is 169 Å². The smallest absolute Gasteiger partial charge is 0.305 e. The molecule has 0 N–H and O–H groups in total. The van der Waals surface area contributed by atoms with Crippen molar-refractivity contribution < 1.29 is 19.1 Å². The van der Waals surface area contributed by atoms with Crippen molar-refractivity contribution in [1.82, 2.24) is 0 Å². The van der Waals surface area contributed by atoms with Crippen molar-refractivity contribution >= 4 is 11.9 Å². The molecular formula is C38H74O4. The molecule has 4 nitrogen and oxygen atoms in total. The Kier molecular flexibility index (Phi) is 32.0. The van der Waals surface area contributed by atoms with Gasteiger partial charge in [0.15, 0.2) is 0 Å². The molecule has 0 bridgehead atoms. The fourth-order valence-electron chi connectivity index (χ4n) is 5.55. The normalized spacial score (nSPS) is 11.5. The monoisotopic (exact) mass is 595 g/mol. The number of carbonyl (C=O) groups is 2. The van der Waals surface area contributed by atoms with Gasteiger partial charge in [-0.05, 0) is 37.5 Å². The van der Waals surface area contributed by atoms with Gasteiger partial charge in [-0.15, -0.1) is 0 Å². The van der Waals surface area contributed by atoms with Crippen LogP contribution in [0.2, 0.25) is 0 Å². The summed E-state index contributed by atoms with van der Waals surface area (Å²) >= 11 is 0. The number of rotatable bonds is 33. The Morgan fingerprint density at radius 2 is 0.595 bits per heavy atom. The number of hydrogen-bond donors (Lipinski definition) is 0. The van der Waals surface area contributed by atoms with Crippen LogP contribution in [0.4, 0.5) is 0 Å². The topological polar surface area (TPSA) is 52.6 Å². The largest absolute Gasteiger partial charge is 0.466 e. The van der Waals surface area contributed by atoms with E-state index in [1.807, 2.05) is 0 Å². The number of hydrogen-bond acceptors (Lipinski definition) is 4. The second-order valence-electron chi connectivity index (χ2n) is 13.8. The minimum atomic E-state index is -0.126. The fraction of sp³-hybridized carbons (Fsp3) is 0.947. The molecule has 42 heavy (non-hydrogen) atoms. The van der Waals surface area contributed by atoms with Gasteiger partial charge in [-0.25, -0.2) is 0 Å². The summed E-state index contributed by atoms with van der Waals surface area (Å²) in [5, 5.41) is 0. The van der Waals surface area contributed by atoms with E-state index >= 15 is 0 Å². The quantitative estimate of drug-likeness (QED) is 0.0560. The van der Waals surface area contributed by atoms with Gasteiger partial charge >= 0.3 is 11.9 Å². The Morgan fingerprint density at radius 1 is 0.357 bits per heavy atom. The van der Waals surface area contributed by atoms with Crippen LogP contribution in [0.3, 0.4) is 0 Å². The highest BCUT2D eigenvalue weighted by atomic mass is 16.5. The number of esters is 2. The summed E-state index contributed by atoms with van der Waals surface area (Å²) < 4.78 is 10.7. The molecule has 0 amide bonds. The predicted octanol–water partition coefficient (Wildman–Crippen LogP) is 12.3. The summed E-state index contributed by atoms with van der Waals surface area (Å²) in [4.78, 5) is 23.8. The van der Waals surface area contributed by atoms with Crippen molar-refractivity contribution in [2.45, 2.75) is 207 Å². The highest BCUT2D eigenvalue weighted by molar-refractivity contribution is 5.70. The highest BCUT2D eigenvalue weighted by Crippen LogP contribution is 2.15. The molecule has 0 radical (unpaired) electrons. The molecular weight excluding hydrogens is 520 g/mol. The van der Waals surface area contributed by atoms with Gasteiger partial charge in [-0.2, -0.15) is 0 Å². The summed E-state index contributed by atoms with van der Waals surface area (Å²) in [5.74, 6) is 1.45. The van der Waals surface area contributed by atoms with E-state index in [1.165, 1.54) is 128 Å². The Bertz CT molecular complexity index is 521. The second kappa shape index (κ2) is 32.8. The van der Waals surface area contributed by atoms with Gasteiger partial charge in [0, 0.05) is 12.8 Å². The van der Waals surface area contributed by atoms with Crippen LogP contribution < -0.4 is 0 Å². The average Bonchev–Trinajstić information content (AvgIpc) is 2.95. The summed E-state index contributed by atoms with van der Waals surface area (Å²) in [6.45, 7) is 10.3. The molecule has 0 aliphatic rings. The Balaban J connectivity index is 3.28. The zero-order valence-electron chi connectivity index (χ0n) is 29.0. The van der Waals surface area contributed by atoms with Gasteiger partial charge in [0.2, 0.25) is 0 Å². The molecule has 0 aliphatic carbocycles. The van der Waals surface area contributed by atoms with Gasteiger partial charge in [0.25, 0.3) is 0 Å². The van der Waals surface area contributed by atoms with Crippen LogP contribution in [0.1, 0.15) is 207 Å². The summed E-state index contributed by atoms with van der Waals surface area (Å²) in [7, 11) is 0. The van der Waals surface area contributed by atoms with Crippen LogP contribution in [0.5, 0.6) is 0 Å². The van der Waals surface area contributed by atoms with E-state index in [0.717, 1.165) is 37.5 Å². The first-order valence-corrected chi connectivity index (χ1v) is 18.7. The third kappa shape index (κ3) is 35.1. The molecule has 250 valence electrons. The average molecular weight is 595 g/mol. The van der Waals surface area contributed by atoms with E-state index in [-0.39, 0.29) is 11.9 Å². The van der Waals surface area contributed by atoms with Crippen LogP contribution in [-0.2, 0) is 19.1 Å². The van der Waals surface area contributed by atoms with E-state index in [1.54, 1.807) is 0 Å². The maximum atomic E-state index is 11.9. The van der Waals surface area contributed by atoms with Crippen molar-refractivity contribution in [3.63, 3.8) is 0 Å². The Labute approximate surface area is 263 Å². The lowest BCUT2D eigenvalue weighted by Gasteiger charge is -2.07. The maximum absolute atomic E-state index is 11.9. The van der Waals surface area contributed by atoms with E-state index in [9.17, 15) is 9.59 Å². The van der Waals surface area contributed by atoms with Crippen LogP contribution >= 0.6 is 0 Å². The first-order valence-electron chi connectivity index (χ1n) is 18.7. The zero-order chi connectivity index (χ0) is 30.9. The minimum Gasteiger partial charge on any atom is -0.466 e. The van der Waals surface area contributed by atoms with E-state index in [2.05, 4.69) is 27.7 Å². The molecule has 0 rings (SSSR count). The van der Waals surface area contributed by atoms with Crippen LogP contribution in [0, 0.1) is 11.8 Å². The molecule has 4 heteroatoms. The molecule has 0 aliphatic heterocycles. The molecule has 0 heterocycles. The van der Waals surface area contributed by atoms with Crippen LogP contribution in [0.15, 0.2) is 0 Å². The molecule has 0 spiro atoms. The Morgan fingerprint density at radius 3 is 0.857 bits per heavy atom. The van der Waals surface area contributed by atoms with Crippen LogP contribution in [-0.4, -0.2) is 25.2 Å². The molecule has 0 aromatic rings. The molecule has 0 saturated carbocycles. The van der Waals surface area contributed by atoms with Crippen molar-refractivity contribution in [3.8, 4) is 0 Å². The molecule has 0 aromatic carbocycles. The first kappa shape index (κ1) is 40.9. The molecule has 0 atom stereocenters. The van der Waals surface area contributed by atoms with Crippen LogP contribution in [0.25, 0.3) is 0 Å². The third-order valence-corrected chi connectivity index (χ3v) is 8.39. The second-order valence-corrected chi connectivity index (χ2v) is 13.8. The lowest BCUT2D eigenvalue weighted by atomic mass is 10.0. The zero-order valence-corrected chi connectivity index (χ0v) is 29.0. The minimum absolute atomic E-state index is 0.126. The summed E-state index contributed by atoms with van der Waals surface area (Å²) in [6.07, 6.45) is 33.7. The predicted molar refractivity (Wildman–Crippen MR) is 181 cm³/mol. The number of ether oxygens (including phenoxy) is 2. The summed E-state index contributed by atoms with van der Waals surface area (Å²) in [5.41, 5.74) is 0. The number of unbranched alkanes of at least 4 members (excludes halogenated alkanes) is 21. The fourth-order valence-corrected chi connectivity index (χ4v) is 5.55. The van der Waals surface area contributed by atoms with E-state index < -0.39 is 0 Å². The van der Waals surface area contributed by atoms with E-state index in [4.69, 9.17) is 9.47 Å². The highest BCUT2D eigenvalue weighted by Gasteiger charge is 2.06. The van der Waals surface area contributed by atoms with Gasteiger partial charge in [-0.3, -0.25) is 9.59 Å².